The van der Waals surface area contributed by atoms with Crippen molar-refractivity contribution >= 4 is 5.96 Å². The molecule has 0 spiro atoms. The van der Waals surface area contributed by atoms with Crippen LogP contribution in [0.25, 0.3) is 0 Å². The minimum atomic E-state index is 0.0228. The van der Waals surface area contributed by atoms with Crippen molar-refractivity contribution in [1.82, 2.24) is 10.6 Å². The number of hydrogen-bond donors (Lipinski definition) is 2. The van der Waals surface area contributed by atoms with Gasteiger partial charge in [-0.15, -0.1) is 0 Å². The molecule has 2 N–H and O–H groups in total. The summed E-state index contributed by atoms with van der Waals surface area (Å²) in [6, 6.07) is 10.5. The Bertz CT molecular complexity index is 429. The van der Waals surface area contributed by atoms with Crippen molar-refractivity contribution in [3.63, 3.8) is 0 Å². The standard InChI is InChI=1S/C18H31N3O/c1-5-19-17(20-13-10-14-22-6-2)21-15-18(3,4)16-11-8-7-9-12-16/h7-9,11-12H,5-6,10,13-15H2,1-4H3,(H2,19,20,21). The average molecular weight is 305 g/mol. The van der Waals surface area contributed by atoms with E-state index in [1.807, 2.05) is 13.0 Å². The molecule has 124 valence electrons. The molecule has 4 nitrogen and oxygen atoms in total. The number of ether oxygens (including phenoxy) is 1. The summed E-state index contributed by atoms with van der Waals surface area (Å²) in [5, 5.41) is 6.66. The summed E-state index contributed by atoms with van der Waals surface area (Å²) in [4.78, 5) is 4.73. The second kappa shape index (κ2) is 10.2. The molecule has 0 unspecified atom stereocenters. The quantitative estimate of drug-likeness (QED) is 0.419. The van der Waals surface area contributed by atoms with Crippen LogP contribution in [0, 0.1) is 0 Å². The molecule has 0 aromatic heterocycles. The number of aliphatic imine (C=N–C) groups is 1. The minimum absolute atomic E-state index is 0.0228. The van der Waals surface area contributed by atoms with Crippen LogP contribution in [0.4, 0.5) is 0 Å². The lowest BCUT2D eigenvalue weighted by Crippen LogP contribution is -2.39. The molecule has 0 saturated heterocycles. The highest BCUT2D eigenvalue weighted by molar-refractivity contribution is 5.79. The van der Waals surface area contributed by atoms with Gasteiger partial charge < -0.3 is 15.4 Å². The van der Waals surface area contributed by atoms with E-state index in [9.17, 15) is 0 Å². The first kappa shape index (κ1) is 18.5. The van der Waals surface area contributed by atoms with Crippen molar-refractivity contribution in [3.05, 3.63) is 35.9 Å². The molecule has 0 aliphatic carbocycles. The van der Waals surface area contributed by atoms with Gasteiger partial charge in [0, 0.05) is 31.7 Å². The second-order valence-corrected chi connectivity index (χ2v) is 5.92. The van der Waals surface area contributed by atoms with Gasteiger partial charge in [0.1, 0.15) is 0 Å². The van der Waals surface area contributed by atoms with E-state index >= 15 is 0 Å². The first-order valence-electron chi connectivity index (χ1n) is 8.25. The summed E-state index contributed by atoms with van der Waals surface area (Å²) in [5.41, 5.74) is 1.33. The third-order valence-corrected chi connectivity index (χ3v) is 3.49. The highest BCUT2D eigenvalue weighted by atomic mass is 16.5. The van der Waals surface area contributed by atoms with Crippen molar-refractivity contribution in [2.75, 3.05) is 32.8 Å². The summed E-state index contributed by atoms with van der Waals surface area (Å²) in [7, 11) is 0. The molecular weight excluding hydrogens is 274 g/mol. The lowest BCUT2D eigenvalue weighted by Gasteiger charge is -2.24. The molecule has 0 heterocycles. The van der Waals surface area contributed by atoms with Crippen molar-refractivity contribution in [1.29, 1.82) is 0 Å². The van der Waals surface area contributed by atoms with Gasteiger partial charge in [-0.05, 0) is 25.8 Å². The van der Waals surface area contributed by atoms with E-state index in [4.69, 9.17) is 9.73 Å². The fourth-order valence-corrected chi connectivity index (χ4v) is 2.12. The monoisotopic (exact) mass is 305 g/mol. The Morgan fingerprint density at radius 2 is 1.86 bits per heavy atom. The second-order valence-electron chi connectivity index (χ2n) is 5.92. The smallest absolute Gasteiger partial charge is 0.191 e. The highest BCUT2D eigenvalue weighted by Gasteiger charge is 2.19. The fourth-order valence-electron chi connectivity index (χ4n) is 2.12. The molecule has 0 fully saturated rings. The van der Waals surface area contributed by atoms with E-state index in [0.717, 1.165) is 45.2 Å². The van der Waals surface area contributed by atoms with Crippen molar-refractivity contribution < 1.29 is 4.74 Å². The van der Waals surface area contributed by atoms with Gasteiger partial charge in [0.2, 0.25) is 0 Å². The van der Waals surface area contributed by atoms with Gasteiger partial charge in [0.25, 0.3) is 0 Å². The van der Waals surface area contributed by atoms with Crippen molar-refractivity contribution in [2.45, 2.75) is 39.5 Å². The summed E-state index contributed by atoms with van der Waals surface area (Å²) < 4.78 is 5.35. The number of nitrogens with zero attached hydrogens (tertiary/aromatic N) is 1. The lowest BCUT2D eigenvalue weighted by molar-refractivity contribution is 0.145. The predicted molar refractivity (Wildman–Crippen MR) is 94.6 cm³/mol. The molecule has 22 heavy (non-hydrogen) atoms. The van der Waals surface area contributed by atoms with Crippen molar-refractivity contribution in [2.24, 2.45) is 4.99 Å². The number of rotatable bonds is 9. The fraction of sp³-hybridized carbons (Fsp3) is 0.611. The Morgan fingerprint density at radius 1 is 1.14 bits per heavy atom. The zero-order valence-electron chi connectivity index (χ0n) is 14.5. The van der Waals surface area contributed by atoms with Crippen LogP contribution >= 0.6 is 0 Å². The number of guanidine groups is 1. The number of hydrogen-bond acceptors (Lipinski definition) is 2. The Hall–Kier alpha value is -1.55. The average Bonchev–Trinajstić information content (AvgIpc) is 2.53. The van der Waals surface area contributed by atoms with Crippen LogP contribution < -0.4 is 10.6 Å². The lowest BCUT2D eigenvalue weighted by atomic mass is 9.85. The predicted octanol–water partition coefficient (Wildman–Crippen LogP) is 2.95. The molecule has 1 rings (SSSR count). The van der Waals surface area contributed by atoms with E-state index in [-0.39, 0.29) is 5.41 Å². The van der Waals surface area contributed by atoms with Gasteiger partial charge in [0.15, 0.2) is 5.96 Å². The van der Waals surface area contributed by atoms with Gasteiger partial charge in [-0.2, -0.15) is 0 Å². The molecule has 0 aliphatic rings. The van der Waals surface area contributed by atoms with Gasteiger partial charge >= 0.3 is 0 Å². The molecule has 0 radical (unpaired) electrons. The van der Waals surface area contributed by atoms with Crippen LogP contribution in [0.3, 0.4) is 0 Å². The Balaban J connectivity index is 2.53. The van der Waals surface area contributed by atoms with Gasteiger partial charge in [-0.3, -0.25) is 4.99 Å². The van der Waals surface area contributed by atoms with Crippen LogP contribution in [-0.4, -0.2) is 38.8 Å². The van der Waals surface area contributed by atoms with Gasteiger partial charge in [-0.25, -0.2) is 0 Å². The first-order chi connectivity index (χ1) is 10.6. The Labute approximate surface area is 135 Å². The molecule has 0 aliphatic heterocycles. The largest absolute Gasteiger partial charge is 0.382 e. The summed E-state index contributed by atoms with van der Waals surface area (Å²) in [6.07, 6.45) is 0.986. The van der Waals surface area contributed by atoms with E-state index in [0.29, 0.717) is 0 Å². The molecule has 0 saturated carbocycles. The maximum atomic E-state index is 5.35. The molecule has 0 bridgehead atoms. The van der Waals surface area contributed by atoms with Crippen LogP contribution in [0.15, 0.2) is 35.3 Å². The maximum Gasteiger partial charge on any atom is 0.191 e. The number of benzene rings is 1. The molecule has 4 heteroatoms. The highest BCUT2D eigenvalue weighted by Crippen LogP contribution is 2.22. The topological polar surface area (TPSA) is 45.7 Å². The first-order valence-corrected chi connectivity index (χ1v) is 8.25. The molecule has 1 aromatic carbocycles. The maximum absolute atomic E-state index is 5.35. The van der Waals surface area contributed by atoms with Crippen LogP contribution in [0.5, 0.6) is 0 Å². The SMILES string of the molecule is CCNC(=NCC(C)(C)c1ccccc1)NCCCOCC. The number of nitrogens with one attached hydrogen (secondary N) is 2. The molecule has 0 atom stereocenters. The molecule has 1 aromatic rings. The Morgan fingerprint density at radius 3 is 2.50 bits per heavy atom. The normalized spacial score (nSPS) is 12.3. The zero-order chi connectivity index (χ0) is 16.3. The van der Waals surface area contributed by atoms with E-state index in [1.165, 1.54) is 5.56 Å². The van der Waals surface area contributed by atoms with E-state index in [1.54, 1.807) is 0 Å². The Kier molecular flexibility index (Phi) is 8.60. The van der Waals surface area contributed by atoms with Gasteiger partial charge in [-0.1, -0.05) is 44.2 Å². The van der Waals surface area contributed by atoms with Crippen LogP contribution in [-0.2, 0) is 10.2 Å². The zero-order valence-corrected chi connectivity index (χ0v) is 14.5. The molecule has 0 amide bonds. The van der Waals surface area contributed by atoms with E-state index in [2.05, 4.69) is 55.7 Å². The third-order valence-electron chi connectivity index (χ3n) is 3.49. The summed E-state index contributed by atoms with van der Waals surface area (Å²) in [6.45, 7) is 12.6. The summed E-state index contributed by atoms with van der Waals surface area (Å²) in [5.74, 6) is 0.878. The molecular formula is C18H31N3O. The van der Waals surface area contributed by atoms with Gasteiger partial charge in [0.05, 0.1) is 6.54 Å². The third kappa shape index (κ3) is 6.94. The minimum Gasteiger partial charge on any atom is -0.382 e. The van der Waals surface area contributed by atoms with Crippen molar-refractivity contribution in [3.8, 4) is 0 Å². The van der Waals surface area contributed by atoms with Crippen LogP contribution in [0.2, 0.25) is 0 Å². The van der Waals surface area contributed by atoms with Crippen LogP contribution in [0.1, 0.15) is 39.7 Å². The van der Waals surface area contributed by atoms with E-state index < -0.39 is 0 Å². The summed E-state index contributed by atoms with van der Waals surface area (Å²) >= 11 is 0.